The van der Waals surface area contributed by atoms with Crippen LogP contribution in [0.1, 0.15) is 68.8 Å². The van der Waals surface area contributed by atoms with Gasteiger partial charge in [-0.3, -0.25) is 4.79 Å². The lowest BCUT2D eigenvalue weighted by Gasteiger charge is -2.29. The Morgan fingerprint density at radius 1 is 1.23 bits per heavy atom. The van der Waals surface area contributed by atoms with Crippen LogP contribution in [0.25, 0.3) is 0 Å². The number of rotatable bonds is 8. The van der Waals surface area contributed by atoms with E-state index < -0.39 is 0 Å². The van der Waals surface area contributed by atoms with Gasteiger partial charge in [-0.15, -0.1) is 0 Å². The lowest BCUT2D eigenvalue weighted by Crippen LogP contribution is -2.47. The largest absolute Gasteiger partial charge is 0.359 e. The van der Waals surface area contributed by atoms with Crippen molar-refractivity contribution in [2.45, 2.75) is 83.2 Å². The van der Waals surface area contributed by atoms with E-state index in [2.05, 4.69) is 22.7 Å². The molecule has 1 amide bonds. The van der Waals surface area contributed by atoms with E-state index in [9.17, 15) is 9.18 Å². The number of amides is 1. The summed E-state index contributed by atoms with van der Waals surface area (Å²) in [7, 11) is 0. The maximum atomic E-state index is 13.4. The second-order valence-corrected chi connectivity index (χ2v) is 8.88. The number of aryl methyl sites for hydroxylation is 1. The molecule has 1 fully saturated rings. The summed E-state index contributed by atoms with van der Waals surface area (Å²) in [5.41, 5.74) is 2.26. The summed E-state index contributed by atoms with van der Waals surface area (Å²) in [5.74, 6) is 1.79. The second-order valence-electron chi connectivity index (χ2n) is 8.88. The van der Waals surface area contributed by atoms with Crippen molar-refractivity contribution in [3.63, 3.8) is 0 Å². The Kier molecular flexibility index (Phi) is 6.82. The van der Waals surface area contributed by atoms with Crippen molar-refractivity contribution in [1.82, 2.24) is 10.5 Å². The molecule has 2 aromatic rings. The monoisotopic (exact) mass is 413 g/mol. The summed E-state index contributed by atoms with van der Waals surface area (Å²) in [5, 5.41) is 10.5. The Morgan fingerprint density at radius 2 is 2.07 bits per heavy atom. The molecule has 5 nitrogen and oxygen atoms in total. The first-order chi connectivity index (χ1) is 14.6. The van der Waals surface area contributed by atoms with Crippen LogP contribution in [0.2, 0.25) is 0 Å². The van der Waals surface area contributed by atoms with Gasteiger partial charge in [-0.25, -0.2) is 4.39 Å². The van der Waals surface area contributed by atoms with Crippen molar-refractivity contribution in [2.75, 3.05) is 5.32 Å². The molecule has 2 aliphatic rings. The highest BCUT2D eigenvalue weighted by atomic mass is 19.1. The lowest BCUT2D eigenvalue weighted by atomic mass is 9.87. The summed E-state index contributed by atoms with van der Waals surface area (Å²) in [4.78, 5) is 12.9. The van der Waals surface area contributed by atoms with Gasteiger partial charge in [-0.1, -0.05) is 50.3 Å². The molecule has 0 spiro atoms. The zero-order chi connectivity index (χ0) is 20.9. The molecule has 4 rings (SSSR count). The van der Waals surface area contributed by atoms with Crippen LogP contribution in [0.4, 0.5) is 10.2 Å². The van der Waals surface area contributed by atoms with E-state index in [0.29, 0.717) is 11.7 Å². The molecule has 30 heavy (non-hydrogen) atoms. The van der Waals surface area contributed by atoms with Gasteiger partial charge in [0.15, 0.2) is 5.82 Å². The molecule has 6 heteroatoms. The summed E-state index contributed by atoms with van der Waals surface area (Å²) >= 11 is 0. The Hall–Kier alpha value is -2.21. The number of hydrogen-bond donors (Lipinski definition) is 2. The van der Waals surface area contributed by atoms with Crippen LogP contribution in [0.5, 0.6) is 0 Å². The molecular weight excluding hydrogens is 381 g/mol. The molecule has 162 valence electrons. The van der Waals surface area contributed by atoms with Crippen LogP contribution >= 0.6 is 0 Å². The van der Waals surface area contributed by atoms with Crippen LogP contribution in [0.15, 0.2) is 28.8 Å². The van der Waals surface area contributed by atoms with Crippen molar-refractivity contribution in [1.29, 1.82) is 0 Å². The summed E-state index contributed by atoms with van der Waals surface area (Å²) < 4.78 is 18.9. The van der Waals surface area contributed by atoms with Crippen molar-refractivity contribution in [3.8, 4) is 0 Å². The SMILES string of the molecule is CCC[C@H](N[C@H]1CCc2cc(F)ccc2C1)C(=O)Nc1cc(CC2CCCC2)on1. The van der Waals surface area contributed by atoms with Gasteiger partial charge < -0.3 is 15.2 Å². The minimum Gasteiger partial charge on any atom is -0.359 e. The van der Waals surface area contributed by atoms with Crippen LogP contribution in [-0.2, 0) is 24.1 Å². The topological polar surface area (TPSA) is 67.2 Å². The number of benzene rings is 1. The molecule has 1 heterocycles. The Balaban J connectivity index is 1.34. The van der Waals surface area contributed by atoms with Crippen LogP contribution in [0.3, 0.4) is 0 Å². The number of carbonyl (C=O) groups excluding carboxylic acids is 1. The number of anilines is 1. The van der Waals surface area contributed by atoms with E-state index in [1.54, 1.807) is 6.07 Å². The Labute approximate surface area is 177 Å². The van der Waals surface area contributed by atoms with Gasteiger partial charge >= 0.3 is 0 Å². The second kappa shape index (κ2) is 9.73. The van der Waals surface area contributed by atoms with E-state index in [-0.39, 0.29) is 23.8 Å². The molecule has 2 N–H and O–H groups in total. The molecule has 0 unspecified atom stereocenters. The van der Waals surface area contributed by atoms with E-state index in [1.807, 2.05) is 12.1 Å². The fourth-order valence-electron chi connectivity index (χ4n) is 4.91. The lowest BCUT2D eigenvalue weighted by molar-refractivity contribution is -0.118. The highest BCUT2D eigenvalue weighted by Gasteiger charge is 2.26. The average molecular weight is 414 g/mol. The van der Waals surface area contributed by atoms with Crippen molar-refractivity contribution < 1.29 is 13.7 Å². The third-order valence-corrected chi connectivity index (χ3v) is 6.50. The minimum atomic E-state index is -0.281. The van der Waals surface area contributed by atoms with Gasteiger partial charge in [0.25, 0.3) is 0 Å². The average Bonchev–Trinajstić information content (AvgIpc) is 3.40. The number of nitrogens with zero attached hydrogens (tertiary/aromatic N) is 1. The number of carbonyl (C=O) groups is 1. The fraction of sp³-hybridized carbons (Fsp3) is 0.583. The Bertz CT molecular complexity index is 860. The molecule has 2 aliphatic carbocycles. The smallest absolute Gasteiger partial charge is 0.242 e. The summed E-state index contributed by atoms with van der Waals surface area (Å²) in [6, 6.07) is 6.82. The van der Waals surface area contributed by atoms with E-state index in [4.69, 9.17) is 4.52 Å². The van der Waals surface area contributed by atoms with Crippen LogP contribution < -0.4 is 10.6 Å². The van der Waals surface area contributed by atoms with E-state index in [0.717, 1.165) is 49.8 Å². The molecule has 0 bridgehead atoms. The molecule has 0 radical (unpaired) electrons. The van der Waals surface area contributed by atoms with Gasteiger partial charge in [0, 0.05) is 18.5 Å². The maximum Gasteiger partial charge on any atom is 0.242 e. The van der Waals surface area contributed by atoms with Gasteiger partial charge in [0.1, 0.15) is 11.6 Å². The van der Waals surface area contributed by atoms with E-state index in [1.165, 1.54) is 37.3 Å². The summed E-state index contributed by atoms with van der Waals surface area (Å²) in [6.07, 6.45) is 10.2. The van der Waals surface area contributed by atoms with Gasteiger partial charge in [-0.2, -0.15) is 0 Å². The number of fused-ring (bicyclic) bond motifs is 1. The molecule has 1 saturated carbocycles. The Morgan fingerprint density at radius 3 is 2.87 bits per heavy atom. The maximum absolute atomic E-state index is 13.4. The first-order valence-electron chi connectivity index (χ1n) is 11.4. The number of nitrogens with one attached hydrogen (secondary N) is 2. The highest BCUT2D eigenvalue weighted by molar-refractivity contribution is 5.94. The molecule has 2 atom stereocenters. The van der Waals surface area contributed by atoms with Crippen LogP contribution in [0, 0.1) is 11.7 Å². The zero-order valence-corrected chi connectivity index (χ0v) is 17.8. The van der Waals surface area contributed by atoms with Gasteiger partial charge in [-0.05, 0) is 54.9 Å². The number of halogens is 1. The fourth-order valence-corrected chi connectivity index (χ4v) is 4.91. The molecule has 0 saturated heterocycles. The summed E-state index contributed by atoms with van der Waals surface area (Å²) in [6.45, 7) is 2.08. The van der Waals surface area contributed by atoms with Crippen LogP contribution in [-0.4, -0.2) is 23.1 Å². The predicted molar refractivity (Wildman–Crippen MR) is 115 cm³/mol. The third kappa shape index (κ3) is 5.28. The molecule has 1 aromatic carbocycles. The third-order valence-electron chi connectivity index (χ3n) is 6.50. The zero-order valence-electron chi connectivity index (χ0n) is 17.8. The standard InChI is InChI=1S/C24H32FN3O2/c1-2-5-22(26-20-11-9-17-13-19(25)10-8-18(17)14-20)24(29)27-23-15-21(30-28-23)12-16-6-3-4-7-16/h8,10,13,15-16,20,22,26H,2-7,9,11-12,14H2,1H3,(H,27,28,29)/t20-,22-/m0/s1. The number of aromatic nitrogens is 1. The highest BCUT2D eigenvalue weighted by Crippen LogP contribution is 2.28. The number of hydrogen-bond acceptors (Lipinski definition) is 4. The molecule has 1 aromatic heterocycles. The van der Waals surface area contributed by atoms with Crippen molar-refractivity contribution in [2.24, 2.45) is 5.92 Å². The van der Waals surface area contributed by atoms with Gasteiger partial charge in [0.2, 0.25) is 5.91 Å². The minimum absolute atomic E-state index is 0.0672. The molecular formula is C24H32FN3O2. The van der Waals surface area contributed by atoms with E-state index >= 15 is 0 Å². The molecule has 0 aliphatic heterocycles. The van der Waals surface area contributed by atoms with Gasteiger partial charge in [0.05, 0.1) is 6.04 Å². The quantitative estimate of drug-likeness (QED) is 0.652. The van der Waals surface area contributed by atoms with Crippen molar-refractivity contribution >= 4 is 11.7 Å². The first-order valence-corrected chi connectivity index (χ1v) is 11.4. The van der Waals surface area contributed by atoms with Crippen molar-refractivity contribution in [3.05, 3.63) is 47.0 Å². The normalized spacial score (nSPS) is 20.1. The predicted octanol–water partition coefficient (Wildman–Crippen LogP) is 4.80. The first kappa shape index (κ1) is 21.0.